The molecule has 0 aliphatic heterocycles. The first kappa shape index (κ1) is 14.7. The molecule has 0 N–H and O–H groups in total. The Bertz CT molecular complexity index is 343. The molecular formula is C15H22IO-. The van der Waals surface area contributed by atoms with Crippen LogP contribution in [0.1, 0.15) is 33.3 Å². The summed E-state index contributed by atoms with van der Waals surface area (Å²) in [6.07, 6.45) is 0.934. The Kier molecular flexibility index (Phi) is 6.17. The number of ketones is 1. The molecule has 0 heterocycles. The summed E-state index contributed by atoms with van der Waals surface area (Å²) in [5.41, 5.74) is 1.30. The van der Waals surface area contributed by atoms with Crippen LogP contribution in [0.2, 0.25) is 0 Å². The second-order valence-corrected chi connectivity index (χ2v) is 9.57. The van der Waals surface area contributed by atoms with Crippen LogP contribution in [0, 0.1) is 5.92 Å². The zero-order chi connectivity index (χ0) is 12.8. The van der Waals surface area contributed by atoms with Gasteiger partial charge in [0.15, 0.2) is 0 Å². The monoisotopic (exact) mass is 345 g/mol. The van der Waals surface area contributed by atoms with Crippen molar-refractivity contribution in [2.24, 2.45) is 5.92 Å². The molecule has 0 aliphatic rings. The van der Waals surface area contributed by atoms with E-state index in [1.54, 1.807) is 0 Å². The van der Waals surface area contributed by atoms with E-state index in [-0.39, 0.29) is 31.0 Å². The molecule has 1 aromatic carbocycles. The first-order valence-corrected chi connectivity index (χ1v) is 8.69. The average molecular weight is 345 g/mol. The van der Waals surface area contributed by atoms with Crippen molar-refractivity contribution in [1.82, 2.24) is 0 Å². The molecule has 1 rings (SSSR count). The molecule has 1 unspecified atom stereocenters. The molecule has 0 fully saturated rings. The number of rotatable bonds is 6. The maximum atomic E-state index is 12.2. The quantitative estimate of drug-likeness (QED) is 0.536. The van der Waals surface area contributed by atoms with Gasteiger partial charge in [-0.05, 0) is 0 Å². The Balaban J connectivity index is 2.74. The van der Waals surface area contributed by atoms with E-state index in [1.807, 2.05) is 19.9 Å². The minimum absolute atomic E-state index is 0.0499. The molecule has 0 saturated carbocycles. The molecule has 0 aliphatic carbocycles. The summed E-state index contributed by atoms with van der Waals surface area (Å²) >= 11 is -0.0499. The van der Waals surface area contributed by atoms with E-state index in [1.165, 1.54) is 5.56 Å². The molecule has 1 atom stereocenters. The average Bonchev–Trinajstić information content (AvgIpc) is 2.28. The van der Waals surface area contributed by atoms with E-state index in [0.717, 1.165) is 6.42 Å². The van der Waals surface area contributed by atoms with Gasteiger partial charge in [0.05, 0.1) is 0 Å². The topological polar surface area (TPSA) is 17.1 Å². The second kappa shape index (κ2) is 7.14. The summed E-state index contributed by atoms with van der Waals surface area (Å²) in [6.45, 7) is 8.51. The van der Waals surface area contributed by atoms with E-state index in [2.05, 4.69) is 38.1 Å². The SMILES string of the molecule is CC(C)[I-]C(Cc1ccccc1)C(=O)C(C)C. The Hall–Kier alpha value is -0.380. The number of hydrogen-bond acceptors (Lipinski definition) is 1. The van der Waals surface area contributed by atoms with Crippen LogP contribution in [0.5, 0.6) is 0 Å². The molecule has 0 amide bonds. The van der Waals surface area contributed by atoms with Gasteiger partial charge in [-0.15, -0.1) is 0 Å². The number of alkyl halides is 2. The third-order valence-corrected chi connectivity index (χ3v) is 5.90. The summed E-state index contributed by atoms with van der Waals surface area (Å²) < 4.78 is 0.974. The van der Waals surface area contributed by atoms with Crippen LogP contribution in [-0.4, -0.2) is 13.6 Å². The summed E-state index contributed by atoms with van der Waals surface area (Å²) in [4.78, 5) is 12.2. The summed E-state index contributed by atoms with van der Waals surface area (Å²) in [7, 11) is 0. The number of Topliss-reactive ketones (excluding diaryl/α,β-unsaturated/α-hetero) is 1. The van der Waals surface area contributed by atoms with Gasteiger partial charge in [0.25, 0.3) is 0 Å². The van der Waals surface area contributed by atoms with Gasteiger partial charge in [-0.1, -0.05) is 0 Å². The van der Waals surface area contributed by atoms with Gasteiger partial charge in [-0.2, -0.15) is 0 Å². The molecule has 1 aromatic rings. The zero-order valence-electron chi connectivity index (χ0n) is 11.1. The Morgan fingerprint density at radius 3 is 2.18 bits per heavy atom. The number of hydrogen-bond donors (Lipinski definition) is 0. The first-order valence-electron chi connectivity index (χ1n) is 6.20. The van der Waals surface area contributed by atoms with Crippen LogP contribution in [0.3, 0.4) is 0 Å². The second-order valence-electron chi connectivity index (χ2n) is 4.85. The normalized spacial score (nSPS) is 13.3. The van der Waals surface area contributed by atoms with Crippen molar-refractivity contribution in [2.45, 2.75) is 42.0 Å². The summed E-state index contributed by atoms with van der Waals surface area (Å²) in [6, 6.07) is 10.4. The van der Waals surface area contributed by atoms with E-state index < -0.39 is 0 Å². The van der Waals surface area contributed by atoms with Gasteiger partial charge >= 0.3 is 116 Å². The third-order valence-electron chi connectivity index (χ3n) is 2.54. The van der Waals surface area contributed by atoms with Crippen molar-refractivity contribution in [3.63, 3.8) is 0 Å². The third kappa shape index (κ3) is 5.19. The number of halogens is 1. The van der Waals surface area contributed by atoms with Crippen molar-refractivity contribution in [2.75, 3.05) is 0 Å². The molecule has 0 spiro atoms. The van der Waals surface area contributed by atoms with Crippen molar-refractivity contribution in [3.05, 3.63) is 35.9 Å². The molecule has 1 nitrogen and oxygen atoms in total. The van der Waals surface area contributed by atoms with Crippen molar-refractivity contribution < 1.29 is 26.0 Å². The molecule has 0 aromatic heterocycles. The van der Waals surface area contributed by atoms with Crippen LogP contribution < -0.4 is 21.2 Å². The molecular weight excluding hydrogens is 323 g/mol. The summed E-state index contributed by atoms with van der Waals surface area (Å²) in [5, 5.41) is 0. The zero-order valence-corrected chi connectivity index (χ0v) is 13.3. The van der Waals surface area contributed by atoms with Gasteiger partial charge in [0.1, 0.15) is 0 Å². The molecule has 2 heteroatoms. The maximum absolute atomic E-state index is 12.2. The molecule has 96 valence electrons. The van der Waals surface area contributed by atoms with Crippen molar-refractivity contribution in [1.29, 1.82) is 0 Å². The molecule has 0 bridgehead atoms. The Morgan fingerprint density at radius 2 is 1.71 bits per heavy atom. The van der Waals surface area contributed by atoms with Gasteiger partial charge in [-0.25, -0.2) is 0 Å². The van der Waals surface area contributed by atoms with Gasteiger partial charge in [0, 0.05) is 0 Å². The number of carbonyl (C=O) groups excluding carboxylic acids is 1. The van der Waals surface area contributed by atoms with E-state index in [4.69, 9.17) is 0 Å². The summed E-state index contributed by atoms with van der Waals surface area (Å²) in [5.74, 6) is 0.623. The first-order chi connectivity index (χ1) is 8.00. The van der Waals surface area contributed by atoms with Crippen LogP contribution >= 0.6 is 0 Å². The molecule has 0 saturated heterocycles. The standard InChI is InChI=1S/C15H22IO/c1-11(2)15(17)14(16-12(3)4)10-13-8-6-5-7-9-13/h5-9,11-12,14H,10H2,1-4H3/q-1. The van der Waals surface area contributed by atoms with E-state index in [0.29, 0.717) is 9.71 Å². The van der Waals surface area contributed by atoms with E-state index in [9.17, 15) is 4.79 Å². The fourth-order valence-corrected chi connectivity index (χ4v) is 5.27. The van der Waals surface area contributed by atoms with Crippen LogP contribution in [0.4, 0.5) is 0 Å². The van der Waals surface area contributed by atoms with Crippen LogP contribution in [-0.2, 0) is 11.2 Å². The van der Waals surface area contributed by atoms with Gasteiger partial charge in [0.2, 0.25) is 0 Å². The Morgan fingerprint density at radius 1 is 1.12 bits per heavy atom. The molecule has 17 heavy (non-hydrogen) atoms. The van der Waals surface area contributed by atoms with Crippen molar-refractivity contribution >= 4 is 5.78 Å². The van der Waals surface area contributed by atoms with Crippen LogP contribution in [0.25, 0.3) is 0 Å². The molecule has 0 radical (unpaired) electrons. The predicted octanol–water partition coefficient (Wildman–Crippen LogP) is 0.320. The number of carbonyl (C=O) groups is 1. The van der Waals surface area contributed by atoms with Crippen molar-refractivity contribution in [3.8, 4) is 0 Å². The van der Waals surface area contributed by atoms with E-state index >= 15 is 0 Å². The number of benzene rings is 1. The Labute approximate surface area is 115 Å². The van der Waals surface area contributed by atoms with Crippen LogP contribution in [0.15, 0.2) is 30.3 Å². The fraction of sp³-hybridized carbons (Fsp3) is 0.533. The fourth-order valence-electron chi connectivity index (χ4n) is 1.69. The van der Waals surface area contributed by atoms with Gasteiger partial charge in [-0.3, -0.25) is 0 Å². The van der Waals surface area contributed by atoms with Gasteiger partial charge < -0.3 is 0 Å². The predicted molar refractivity (Wildman–Crippen MR) is 68.9 cm³/mol. The minimum atomic E-state index is -0.0499.